The first-order chi connectivity index (χ1) is 16.6. The molecule has 9 heteroatoms. The summed E-state index contributed by atoms with van der Waals surface area (Å²) in [6.07, 6.45) is 1.26. The predicted octanol–water partition coefficient (Wildman–Crippen LogP) is 5.12. The van der Waals surface area contributed by atoms with Gasteiger partial charge in [0, 0.05) is 5.69 Å². The molecular formula is C25H21N5O4. The van der Waals surface area contributed by atoms with Gasteiger partial charge in [0.15, 0.2) is 0 Å². The van der Waals surface area contributed by atoms with Crippen molar-refractivity contribution >= 4 is 29.0 Å². The highest BCUT2D eigenvalue weighted by Gasteiger charge is 2.26. The van der Waals surface area contributed by atoms with Crippen LogP contribution in [0.25, 0.3) is 0 Å². The molecule has 0 radical (unpaired) electrons. The zero-order valence-corrected chi connectivity index (χ0v) is 18.2. The van der Waals surface area contributed by atoms with Gasteiger partial charge in [0.2, 0.25) is 11.6 Å². The quantitative estimate of drug-likeness (QED) is 0.214. The summed E-state index contributed by atoms with van der Waals surface area (Å²) in [6.45, 7) is 0. The van der Waals surface area contributed by atoms with Crippen LogP contribution >= 0.6 is 0 Å². The molecule has 0 atom stereocenters. The summed E-state index contributed by atoms with van der Waals surface area (Å²) in [4.78, 5) is 31.4. The van der Waals surface area contributed by atoms with Crippen molar-refractivity contribution in [2.45, 2.75) is 6.04 Å². The predicted molar refractivity (Wildman–Crippen MR) is 128 cm³/mol. The molecule has 0 unspecified atom stereocenters. The number of methoxy groups -OCH3 is 1. The van der Waals surface area contributed by atoms with Crippen molar-refractivity contribution in [2.24, 2.45) is 0 Å². The van der Waals surface area contributed by atoms with Crippen molar-refractivity contribution < 1.29 is 14.5 Å². The number of hydrogen-bond acceptors (Lipinski definition) is 8. The van der Waals surface area contributed by atoms with Crippen LogP contribution in [0, 0.1) is 10.1 Å². The Kier molecular flexibility index (Phi) is 6.73. The van der Waals surface area contributed by atoms with Crippen LogP contribution in [-0.2, 0) is 4.74 Å². The average Bonchev–Trinajstić information content (AvgIpc) is 2.88. The molecule has 0 aliphatic heterocycles. The lowest BCUT2D eigenvalue weighted by molar-refractivity contribution is -0.383. The zero-order chi connectivity index (χ0) is 23.9. The Morgan fingerprint density at radius 2 is 1.44 bits per heavy atom. The average molecular weight is 455 g/mol. The van der Waals surface area contributed by atoms with E-state index >= 15 is 0 Å². The van der Waals surface area contributed by atoms with Gasteiger partial charge in [0.1, 0.15) is 6.33 Å². The van der Waals surface area contributed by atoms with Gasteiger partial charge in [-0.2, -0.15) is 0 Å². The topological polar surface area (TPSA) is 119 Å². The minimum absolute atomic E-state index is 0.0215. The summed E-state index contributed by atoms with van der Waals surface area (Å²) < 4.78 is 4.69. The van der Waals surface area contributed by atoms with Crippen molar-refractivity contribution in [2.75, 3.05) is 17.7 Å². The lowest BCUT2D eigenvalue weighted by Crippen LogP contribution is -2.15. The van der Waals surface area contributed by atoms with Crippen LogP contribution in [0.3, 0.4) is 0 Å². The number of aromatic nitrogens is 2. The molecule has 4 aromatic rings. The molecule has 170 valence electrons. The first-order valence-corrected chi connectivity index (χ1v) is 10.4. The SMILES string of the molecule is COC(=O)c1ccc(Nc2ncnc(NC(c3ccccc3)c3ccccc3)c2[N+](=O)[O-])cc1. The van der Waals surface area contributed by atoms with E-state index in [0.29, 0.717) is 11.3 Å². The second kappa shape index (κ2) is 10.2. The number of nitrogens with one attached hydrogen (secondary N) is 2. The summed E-state index contributed by atoms with van der Waals surface area (Å²) in [6, 6.07) is 25.2. The molecule has 4 rings (SSSR count). The Hall–Kier alpha value is -4.79. The maximum atomic E-state index is 12.1. The van der Waals surface area contributed by atoms with E-state index in [9.17, 15) is 14.9 Å². The number of esters is 1. The molecule has 0 spiro atoms. The number of carbonyl (C=O) groups is 1. The van der Waals surface area contributed by atoms with E-state index in [2.05, 4.69) is 20.6 Å². The largest absolute Gasteiger partial charge is 0.465 e. The van der Waals surface area contributed by atoms with Crippen molar-refractivity contribution in [1.29, 1.82) is 0 Å². The highest BCUT2D eigenvalue weighted by molar-refractivity contribution is 5.90. The van der Waals surface area contributed by atoms with E-state index in [-0.39, 0.29) is 23.4 Å². The fourth-order valence-electron chi connectivity index (χ4n) is 3.48. The second-order valence-electron chi connectivity index (χ2n) is 7.27. The van der Waals surface area contributed by atoms with E-state index in [4.69, 9.17) is 4.74 Å². The van der Waals surface area contributed by atoms with Crippen LogP contribution in [0.1, 0.15) is 27.5 Å². The number of nitrogens with zero attached hydrogens (tertiary/aromatic N) is 3. The van der Waals surface area contributed by atoms with E-state index in [1.54, 1.807) is 24.3 Å². The van der Waals surface area contributed by atoms with Crippen molar-refractivity contribution in [3.8, 4) is 0 Å². The number of anilines is 3. The normalized spacial score (nSPS) is 10.5. The van der Waals surface area contributed by atoms with E-state index in [1.165, 1.54) is 13.4 Å². The first kappa shape index (κ1) is 22.4. The Morgan fingerprint density at radius 1 is 0.882 bits per heavy atom. The molecule has 0 saturated heterocycles. The Bertz CT molecular complexity index is 1240. The van der Waals surface area contributed by atoms with Crippen LogP contribution in [0.15, 0.2) is 91.3 Å². The number of carbonyl (C=O) groups excluding carboxylic acids is 1. The van der Waals surface area contributed by atoms with Crippen LogP contribution < -0.4 is 10.6 Å². The van der Waals surface area contributed by atoms with Gasteiger partial charge in [-0.05, 0) is 35.4 Å². The van der Waals surface area contributed by atoms with Crippen LogP contribution in [-0.4, -0.2) is 28.0 Å². The summed E-state index contributed by atoms with van der Waals surface area (Å²) in [5.41, 5.74) is 2.43. The highest BCUT2D eigenvalue weighted by Crippen LogP contribution is 2.35. The van der Waals surface area contributed by atoms with Crippen LogP contribution in [0.2, 0.25) is 0 Å². The fraction of sp³-hybridized carbons (Fsp3) is 0.0800. The molecule has 1 aromatic heterocycles. The maximum Gasteiger partial charge on any atom is 0.353 e. The summed E-state index contributed by atoms with van der Waals surface area (Å²) in [5, 5.41) is 18.2. The minimum atomic E-state index is -0.527. The molecule has 0 aliphatic rings. The summed E-state index contributed by atoms with van der Waals surface area (Å²) >= 11 is 0. The molecule has 0 saturated carbocycles. The highest BCUT2D eigenvalue weighted by atomic mass is 16.6. The summed E-state index contributed by atoms with van der Waals surface area (Å²) in [5.74, 6) is -0.376. The third-order valence-corrected chi connectivity index (χ3v) is 5.12. The maximum absolute atomic E-state index is 12.1. The smallest absolute Gasteiger partial charge is 0.353 e. The fourth-order valence-corrected chi connectivity index (χ4v) is 3.48. The minimum Gasteiger partial charge on any atom is -0.465 e. The zero-order valence-electron chi connectivity index (χ0n) is 18.2. The van der Waals surface area contributed by atoms with E-state index in [0.717, 1.165) is 11.1 Å². The first-order valence-electron chi connectivity index (χ1n) is 10.4. The molecular weight excluding hydrogens is 434 g/mol. The summed E-state index contributed by atoms with van der Waals surface area (Å²) in [7, 11) is 1.30. The third-order valence-electron chi connectivity index (χ3n) is 5.12. The van der Waals surface area contributed by atoms with E-state index < -0.39 is 10.9 Å². The number of ether oxygens (including phenoxy) is 1. The van der Waals surface area contributed by atoms with Crippen molar-refractivity contribution in [1.82, 2.24) is 9.97 Å². The molecule has 0 fully saturated rings. The molecule has 9 nitrogen and oxygen atoms in total. The Morgan fingerprint density at radius 3 is 1.97 bits per heavy atom. The van der Waals surface area contributed by atoms with Gasteiger partial charge in [-0.1, -0.05) is 60.7 Å². The van der Waals surface area contributed by atoms with Crippen molar-refractivity contribution in [3.05, 3.63) is 118 Å². The van der Waals surface area contributed by atoms with Crippen LogP contribution in [0.4, 0.5) is 23.0 Å². The molecule has 0 bridgehead atoms. The van der Waals surface area contributed by atoms with Gasteiger partial charge in [-0.3, -0.25) is 10.1 Å². The van der Waals surface area contributed by atoms with E-state index in [1.807, 2.05) is 60.7 Å². The lowest BCUT2D eigenvalue weighted by Gasteiger charge is -2.20. The van der Waals surface area contributed by atoms with Gasteiger partial charge in [0.25, 0.3) is 0 Å². The van der Waals surface area contributed by atoms with Crippen LogP contribution in [0.5, 0.6) is 0 Å². The third kappa shape index (κ3) is 4.99. The van der Waals surface area contributed by atoms with Gasteiger partial charge in [-0.25, -0.2) is 14.8 Å². The van der Waals surface area contributed by atoms with Crippen molar-refractivity contribution in [3.63, 3.8) is 0 Å². The molecule has 2 N–H and O–H groups in total. The number of nitro groups is 1. The standard InChI is InChI=1S/C25H21N5O4/c1-34-25(31)19-12-14-20(15-13-19)28-23-22(30(32)33)24(27-16-26-23)29-21(17-8-4-2-5-9-17)18-10-6-3-7-11-18/h2-16,21H,1H3,(H2,26,27,28,29). The number of benzene rings is 3. The molecule has 3 aromatic carbocycles. The van der Waals surface area contributed by atoms with Gasteiger partial charge in [-0.15, -0.1) is 0 Å². The van der Waals surface area contributed by atoms with Gasteiger partial charge < -0.3 is 15.4 Å². The Labute approximate surface area is 195 Å². The Balaban J connectivity index is 1.69. The molecule has 0 aliphatic carbocycles. The lowest BCUT2D eigenvalue weighted by atomic mass is 9.99. The van der Waals surface area contributed by atoms with Gasteiger partial charge >= 0.3 is 11.7 Å². The molecule has 34 heavy (non-hydrogen) atoms. The second-order valence-corrected chi connectivity index (χ2v) is 7.27. The van der Waals surface area contributed by atoms with Gasteiger partial charge in [0.05, 0.1) is 23.6 Å². The monoisotopic (exact) mass is 455 g/mol. The number of hydrogen-bond donors (Lipinski definition) is 2. The number of rotatable bonds is 8. The molecule has 0 amide bonds. The molecule has 1 heterocycles.